The number of tetrazole rings is 1. The van der Waals surface area contributed by atoms with Crippen molar-refractivity contribution < 1.29 is 9.47 Å². The van der Waals surface area contributed by atoms with Crippen molar-refractivity contribution in [3.63, 3.8) is 0 Å². The van der Waals surface area contributed by atoms with Crippen molar-refractivity contribution in [3.8, 4) is 5.75 Å². The second-order valence-corrected chi connectivity index (χ2v) is 11.5. The van der Waals surface area contributed by atoms with Crippen LogP contribution in [0.2, 0.25) is 0 Å². The normalized spacial score (nSPS) is 16.6. The van der Waals surface area contributed by atoms with Crippen LogP contribution in [0.3, 0.4) is 0 Å². The molecule has 5 rings (SSSR count). The number of aromatic nitrogens is 5. The topological polar surface area (TPSA) is 98.2 Å². The molecule has 0 bridgehead atoms. The predicted octanol–water partition coefficient (Wildman–Crippen LogP) is 5.06. The van der Waals surface area contributed by atoms with Gasteiger partial charge in [0.05, 0.1) is 24.3 Å². The number of aromatic amines is 1. The average Bonchev–Trinajstić information content (AvgIpc) is 3.63. The Hall–Kier alpha value is -3.56. The summed E-state index contributed by atoms with van der Waals surface area (Å²) in [7, 11) is 1.67. The van der Waals surface area contributed by atoms with Crippen molar-refractivity contribution in [3.05, 3.63) is 80.9 Å². The third-order valence-corrected chi connectivity index (χ3v) is 8.17. The minimum Gasteiger partial charge on any atom is -0.497 e. The summed E-state index contributed by atoms with van der Waals surface area (Å²) < 4.78 is 13.4. The van der Waals surface area contributed by atoms with E-state index in [9.17, 15) is 4.79 Å². The first-order chi connectivity index (χ1) is 19.2. The standard InChI is InChI=1S/C31H40N6O3/c1-7-31(4,5)37-29(33-34-35-37)28(26-17-23-16-20(2)15-21(3)27(23)32-30(26)38)36(19-25-9-8-14-40-25)18-22-10-12-24(39-6)13-11-22/h10-13,15-17,25,28H,7-9,14,18-19H2,1-6H3,(H,32,38)/t25-,28+/m0/s1. The molecule has 2 aromatic carbocycles. The van der Waals surface area contributed by atoms with Crippen molar-refractivity contribution >= 4 is 10.9 Å². The second-order valence-electron chi connectivity index (χ2n) is 11.5. The molecule has 0 radical (unpaired) electrons. The van der Waals surface area contributed by atoms with Crippen LogP contribution in [0, 0.1) is 13.8 Å². The van der Waals surface area contributed by atoms with Crippen LogP contribution in [0.1, 0.15) is 74.2 Å². The van der Waals surface area contributed by atoms with E-state index < -0.39 is 6.04 Å². The van der Waals surface area contributed by atoms with Gasteiger partial charge in [0.15, 0.2) is 5.82 Å². The maximum Gasteiger partial charge on any atom is 0.253 e. The summed E-state index contributed by atoms with van der Waals surface area (Å²) in [5.74, 6) is 1.45. The highest BCUT2D eigenvalue weighted by Gasteiger charge is 2.36. The number of hydrogen-bond donors (Lipinski definition) is 1. The van der Waals surface area contributed by atoms with Crippen molar-refractivity contribution in [2.45, 2.75) is 78.1 Å². The van der Waals surface area contributed by atoms with Gasteiger partial charge in [-0.1, -0.05) is 30.7 Å². The fraction of sp³-hybridized carbons (Fsp3) is 0.484. The number of aryl methyl sites for hydroxylation is 2. The molecule has 9 heteroatoms. The highest BCUT2D eigenvalue weighted by Crippen LogP contribution is 2.33. The lowest BCUT2D eigenvalue weighted by atomic mass is 9.97. The van der Waals surface area contributed by atoms with Crippen LogP contribution in [0.4, 0.5) is 0 Å². The largest absolute Gasteiger partial charge is 0.497 e. The fourth-order valence-electron chi connectivity index (χ4n) is 5.63. The predicted molar refractivity (Wildman–Crippen MR) is 156 cm³/mol. The monoisotopic (exact) mass is 544 g/mol. The Kier molecular flexibility index (Phi) is 8.05. The van der Waals surface area contributed by atoms with Crippen LogP contribution in [-0.2, 0) is 16.8 Å². The number of H-pyrrole nitrogens is 1. The fourth-order valence-corrected chi connectivity index (χ4v) is 5.63. The minimum atomic E-state index is -0.499. The lowest BCUT2D eigenvalue weighted by molar-refractivity contribution is 0.0562. The van der Waals surface area contributed by atoms with Crippen molar-refractivity contribution in [2.75, 3.05) is 20.3 Å². The van der Waals surface area contributed by atoms with Crippen LogP contribution in [0.15, 0.2) is 47.3 Å². The van der Waals surface area contributed by atoms with E-state index >= 15 is 0 Å². The molecule has 1 fully saturated rings. The summed E-state index contributed by atoms with van der Waals surface area (Å²) in [5.41, 5.74) is 4.28. The summed E-state index contributed by atoms with van der Waals surface area (Å²) in [6.07, 6.45) is 2.90. The molecule has 0 amide bonds. The molecule has 40 heavy (non-hydrogen) atoms. The van der Waals surface area contributed by atoms with Gasteiger partial charge in [-0.3, -0.25) is 9.69 Å². The molecule has 0 spiro atoms. The lowest BCUT2D eigenvalue weighted by Gasteiger charge is -2.35. The van der Waals surface area contributed by atoms with Gasteiger partial charge < -0.3 is 14.5 Å². The molecule has 2 aromatic heterocycles. The Labute approximate surface area is 235 Å². The second kappa shape index (κ2) is 11.5. The number of nitrogens with one attached hydrogen (secondary N) is 1. The summed E-state index contributed by atoms with van der Waals surface area (Å²) in [6, 6.07) is 13.8. The number of ether oxygens (including phenoxy) is 2. The van der Waals surface area contributed by atoms with Gasteiger partial charge in [-0.25, -0.2) is 4.68 Å². The zero-order valence-electron chi connectivity index (χ0n) is 24.4. The third kappa shape index (κ3) is 5.67. The molecular formula is C31H40N6O3. The lowest BCUT2D eigenvalue weighted by Crippen LogP contribution is -2.41. The highest BCUT2D eigenvalue weighted by atomic mass is 16.5. The zero-order valence-corrected chi connectivity index (χ0v) is 24.4. The molecule has 0 saturated carbocycles. The summed E-state index contributed by atoms with van der Waals surface area (Å²) in [4.78, 5) is 19.4. The van der Waals surface area contributed by atoms with E-state index in [4.69, 9.17) is 9.47 Å². The first kappa shape index (κ1) is 28.0. The van der Waals surface area contributed by atoms with Crippen molar-refractivity contribution in [1.82, 2.24) is 30.1 Å². The summed E-state index contributed by atoms with van der Waals surface area (Å²) in [5, 5.41) is 14.1. The van der Waals surface area contributed by atoms with E-state index in [1.807, 2.05) is 29.8 Å². The maximum absolute atomic E-state index is 13.9. The molecule has 1 saturated heterocycles. The highest BCUT2D eigenvalue weighted by molar-refractivity contribution is 5.83. The van der Waals surface area contributed by atoms with E-state index in [1.54, 1.807) is 7.11 Å². The number of benzene rings is 2. The summed E-state index contributed by atoms with van der Waals surface area (Å²) >= 11 is 0. The number of nitrogens with zero attached hydrogens (tertiary/aromatic N) is 5. The number of pyridine rings is 1. The van der Waals surface area contributed by atoms with Gasteiger partial charge in [-0.2, -0.15) is 0 Å². The van der Waals surface area contributed by atoms with E-state index in [0.717, 1.165) is 59.2 Å². The SMILES string of the molecule is CCC(C)(C)n1nnnc1[C@@H](c1cc2cc(C)cc(C)c2[nH]c1=O)N(Cc1ccc(OC)cc1)C[C@@H]1CCCO1. The zero-order chi connectivity index (χ0) is 28.4. The molecular weight excluding hydrogens is 504 g/mol. The van der Waals surface area contributed by atoms with Crippen LogP contribution >= 0.6 is 0 Å². The van der Waals surface area contributed by atoms with Gasteiger partial charge in [0, 0.05) is 25.3 Å². The molecule has 2 atom stereocenters. The maximum atomic E-state index is 13.9. The van der Waals surface area contributed by atoms with Gasteiger partial charge in [0.25, 0.3) is 5.56 Å². The van der Waals surface area contributed by atoms with E-state index in [-0.39, 0.29) is 17.2 Å². The van der Waals surface area contributed by atoms with E-state index in [2.05, 4.69) is 77.4 Å². The smallest absolute Gasteiger partial charge is 0.253 e. The quantitative estimate of drug-likeness (QED) is 0.298. The van der Waals surface area contributed by atoms with Crippen LogP contribution in [0.25, 0.3) is 10.9 Å². The molecule has 1 N–H and O–H groups in total. The number of rotatable bonds is 10. The number of hydrogen-bond acceptors (Lipinski definition) is 7. The van der Waals surface area contributed by atoms with E-state index in [0.29, 0.717) is 24.5 Å². The molecule has 4 aromatic rings. The molecule has 0 aliphatic carbocycles. The van der Waals surface area contributed by atoms with Crippen molar-refractivity contribution in [2.24, 2.45) is 0 Å². The van der Waals surface area contributed by atoms with Gasteiger partial charge >= 0.3 is 0 Å². The minimum absolute atomic E-state index is 0.0632. The Morgan fingerprint density at radius 2 is 1.98 bits per heavy atom. The molecule has 1 aliphatic rings. The van der Waals surface area contributed by atoms with Crippen LogP contribution in [0.5, 0.6) is 5.75 Å². The number of methoxy groups -OCH3 is 1. The Bertz CT molecular complexity index is 1520. The Morgan fingerprint density at radius 3 is 2.65 bits per heavy atom. The van der Waals surface area contributed by atoms with E-state index in [1.165, 1.54) is 0 Å². The molecule has 1 aliphatic heterocycles. The van der Waals surface area contributed by atoms with Gasteiger partial charge in [-0.15, -0.1) is 5.10 Å². The third-order valence-electron chi connectivity index (χ3n) is 8.17. The molecule has 0 unspecified atom stereocenters. The van der Waals surface area contributed by atoms with Crippen LogP contribution < -0.4 is 10.3 Å². The van der Waals surface area contributed by atoms with Gasteiger partial charge in [0.2, 0.25) is 0 Å². The molecule has 212 valence electrons. The average molecular weight is 545 g/mol. The number of fused-ring (bicyclic) bond motifs is 1. The first-order valence-electron chi connectivity index (χ1n) is 14.1. The van der Waals surface area contributed by atoms with Gasteiger partial charge in [0.1, 0.15) is 11.8 Å². The van der Waals surface area contributed by atoms with Crippen LogP contribution in [-0.4, -0.2) is 56.5 Å². The first-order valence-corrected chi connectivity index (χ1v) is 14.1. The molecule has 9 nitrogen and oxygen atoms in total. The Morgan fingerprint density at radius 1 is 1.20 bits per heavy atom. The van der Waals surface area contributed by atoms with Gasteiger partial charge in [-0.05, 0) is 98.2 Å². The Balaban J connectivity index is 1.70. The molecule has 3 heterocycles. The van der Waals surface area contributed by atoms with Crippen molar-refractivity contribution in [1.29, 1.82) is 0 Å². The summed E-state index contributed by atoms with van der Waals surface area (Å²) in [6.45, 7) is 12.4.